The van der Waals surface area contributed by atoms with Crippen molar-refractivity contribution in [2.45, 2.75) is 37.4 Å². The van der Waals surface area contributed by atoms with Gasteiger partial charge in [-0.2, -0.15) is 4.31 Å². The van der Waals surface area contributed by atoms with Gasteiger partial charge in [0.25, 0.3) is 10.0 Å². The molecule has 1 atom stereocenters. The number of rotatable bonds is 3. The highest BCUT2D eigenvalue weighted by Gasteiger charge is 2.38. The number of imidazole rings is 1. The topological polar surface area (TPSA) is 122 Å². The van der Waals surface area contributed by atoms with Crippen molar-refractivity contribution in [1.82, 2.24) is 19.2 Å². The molecular formula is C13H23N5O4S. The number of ether oxygens (including phenoxy) is 1. The highest BCUT2D eigenvalue weighted by atomic mass is 32.2. The molecule has 130 valence electrons. The Hall–Kier alpha value is -1.65. The molecule has 1 aliphatic heterocycles. The number of nitrogens with zero attached hydrogens (tertiary/aromatic N) is 3. The Balaban J connectivity index is 2.12. The van der Waals surface area contributed by atoms with Crippen LogP contribution < -0.4 is 5.73 Å². The Bertz CT molecular complexity index is 638. The van der Waals surface area contributed by atoms with Crippen LogP contribution in [0.5, 0.6) is 0 Å². The van der Waals surface area contributed by atoms with Crippen molar-refractivity contribution in [2.75, 3.05) is 26.2 Å². The summed E-state index contributed by atoms with van der Waals surface area (Å²) in [4.78, 5) is 20.0. The first-order valence-electron chi connectivity index (χ1n) is 7.33. The molecular weight excluding hydrogens is 322 g/mol. The van der Waals surface area contributed by atoms with Crippen molar-refractivity contribution in [3.8, 4) is 0 Å². The van der Waals surface area contributed by atoms with Gasteiger partial charge in [-0.1, -0.05) is 0 Å². The summed E-state index contributed by atoms with van der Waals surface area (Å²) in [5, 5.41) is 0.0154. The summed E-state index contributed by atoms with van der Waals surface area (Å²) in [6, 6.07) is -0.510. The molecule has 0 bridgehead atoms. The summed E-state index contributed by atoms with van der Waals surface area (Å²) < 4.78 is 31.8. The highest BCUT2D eigenvalue weighted by Crippen LogP contribution is 2.20. The maximum atomic E-state index is 12.6. The molecule has 0 radical (unpaired) electrons. The van der Waals surface area contributed by atoms with E-state index in [0.29, 0.717) is 0 Å². The average molecular weight is 345 g/mol. The van der Waals surface area contributed by atoms with Gasteiger partial charge in [0.2, 0.25) is 0 Å². The molecule has 1 aromatic heterocycles. The minimum absolute atomic E-state index is 0.0154. The van der Waals surface area contributed by atoms with Gasteiger partial charge in [-0.05, 0) is 20.8 Å². The van der Waals surface area contributed by atoms with Crippen LogP contribution in [0.4, 0.5) is 4.79 Å². The van der Waals surface area contributed by atoms with Gasteiger partial charge < -0.3 is 20.4 Å². The zero-order chi connectivity index (χ0) is 17.3. The number of nitrogens with two attached hydrogens (primary N) is 1. The second-order valence-electron chi connectivity index (χ2n) is 6.35. The molecule has 0 spiro atoms. The first-order valence-corrected chi connectivity index (χ1v) is 8.77. The predicted octanol–water partition coefficient (Wildman–Crippen LogP) is -0.0216. The highest BCUT2D eigenvalue weighted by molar-refractivity contribution is 7.89. The molecule has 10 heteroatoms. The van der Waals surface area contributed by atoms with E-state index in [0.717, 1.165) is 0 Å². The second kappa shape index (κ2) is 6.46. The van der Waals surface area contributed by atoms with Gasteiger partial charge in [0.05, 0.1) is 18.6 Å². The zero-order valence-electron chi connectivity index (χ0n) is 13.5. The third-order valence-corrected chi connectivity index (χ3v) is 5.29. The van der Waals surface area contributed by atoms with Crippen molar-refractivity contribution in [1.29, 1.82) is 0 Å². The predicted molar refractivity (Wildman–Crippen MR) is 83.1 cm³/mol. The largest absolute Gasteiger partial charge is 0.444 e. The van der Waals surface area contributed by atoms with Crippen LogP contribution >= 0.6 is 0 Å². The summed E-state index contributed by atoms with van der Waals surface area (Å²) in [5.41, 5.74) is 5.12. The molecule has 1 unspecified atom stereocenters. The number of piperazine rings is 1. The molecule has 0 aromatic carbocycles. The van der Waals surface area contributed by atoms with Crippen molar-refractivity contribution in [3.63, 3.8) is 0 Å². The van der Waals surface area contributed by atoms with Crippen molar-refractivity contribution in [2.24, 2.45) is 5.73 Å². The van der Waals surface area contributed by atoms with E-state index in [4.69, 9.17) is 10.5 Å². The van der Waals surface area contributed by atoms with Crippen LogP contribution in [0.3, 0.4) is 0 Å². The van der Waals surface area contributed by atoms with E-state index in [-0.39, 0.29) is 31.2 Å². The average Bonchev–Trinajstić information content (AvgIpc) is 2.99. The summed E-state index contributed by atoms with van der Waals surface area (Å²) in [6.45, 7) is 6.05. The molecule has 2 heterocycles. The van der Waals surface area contributed by atoms with Gasteiger partial charge in [0, 0.05) is 26.2 Å². The lowest BCUT2D eigenvalue weighted by molar-refractivity contribution is 0.0138. The number of H-pyrrole nitrogens is 1. The quantitative estimate of drug-likeness (QED) is 0.794. The van der Waals surface area contributed by atoms with Gasteiger partial charge in [-0.3, -0.25) is 0 Å². The molecule has 2 rings (SSSR count). The fourth-order valence-electron chi connectivity index (χ4n) is 2.35. The number of aromatic amines is 1. The zero-order valence-corrected chi connectivity index (χ0v) is 14.3. The molecule has 9 nitrogen and oxygen atoms in total. The van der Waals surface area contributed by atoms with Gasteiger partial charge in [-0.15, -0.1) is 0 Å². The van der Waals surface area contributed by atoms with Gasteiger partial charge >= 0.3 is 6.09 Å². The molecule has 1 aliphatic rings. The minimum Gasteiger partial charge on any atom is -0.444 e. The first-order chi connectivity index (χ1) is 10.6. The number of hydrogen-bond donors (Lipinski definition) is 2. The number of amides is 1. The Morgan fingerprint density at radius 3 is 2.70 bits per heavy atom. The van der Waals surface area contributed by atoms with E-state index in [1.165, 1.54) is 21.7 Å². The van der Waals surface area contributed by atoms with Gasteiger partial charge in [0.15, 0.2) is 5.03 Å². The minimum atomic E-state index is -3.71. The fraction of sp³-hybridized carbons (Fsp3) is 0.692. The summed E-state index contributed by atoms with van der Waals surface area (Å²) in [5.74, 6) is 0. The lowest BCUT2D eigenvalue weighted by atomic mass is 10.2. The van der Waals surface area contributed by atoms with Crippen LogP contribution in [0.1, 0.15) is 20.8 Å². The lowest BCUT2D eigenvalue weighted by Crippen LogP contribution is -2.59. The second-order valence-corrected chi connectivity index (χ2v) is 8.21. The standard InChI is InChI=1S/C13H23N5O4S/c1-13(2,3)22-12(19)17-4-5-18(10(6-14)8-17)23(20,21)11-7-15-9-16-11/h7,9-10H,4-6,8,14H2,1-3H3,(H,15,16). The number of sulfonamides is 1. The van der Waals surface area contributed by atoms with Crippen molar-refractivity contribution < 1.29 is 17.9 Å². The maximum Gasteiger partial charge on any atom is 0.410 e. The Labute approximate surface area is 135 Å². The van der Waals surface area contributed by atoms with Crippen LogP contribution in [0.2, 0.25) is 0 Å². The normalized spacial score (nSPS) is 20.5. The Morgan fingerprint density at radius 1 is 1.48 bits per heavy atom. The number of hydrogen-bond acceptors (Lipinski definition) is 6. The molecule has 1 amide bonds. The molecule has 0 aliphatic carbocycles. The Kier molecular flexibility index (Phi) is 4.97. The van der Waals surface area contributed by atoms with E-state index < -0.39 is 27.8 Å². The van der Waals surface area contributed by atoms with Crippen LogP contribution in [0, 0.1) is 0 Å². The maximum absolute atomic E-state index is 12.6. The Morgan fingerprint density at radius 2 is 2.17 bits per heavy atom. The molecule has 23 heavy (non-hydrogen) atoms. The summed E-state index contributed by atoms with van der Waals surface area (Å²) in [7, 11) is -3.71. The SMILES string of the molecule is CC(C)(C)OC(=O)N1CCN(S(=O)(=O)c2cnc[nH]2)C(CN)C1. The van der Waals surface area contributed by atoms with E-state index >= 15 is 0 Å². The van der Waals surface area contributed by atoms with Gasteiger partial charge in [-0.25, -0.2) is 18.2 Å². The smallest absolute Gasteiger partial charge is 0.410 e. The fourth-order valence-corrected chi connectivity index (χ4v) is 3.87. The molecule has 0 saturated carbocycles. The molecule has 1 fully saturated rings. The van der Waals surface area contributed by atoms with E-state index in [1.807, 2.05) is 0 Å². The van der Waals surface area contributed by atoms with Crippen LogP contribution in [0.15, 0.2) is 17.6 Å². The summed E-state index contributed by atoms with van der Waals surface area (Å²) >= 11 is 0. The van der Waals surface area contributed by atoms with Crippen molar-refractivity contribution >= 4 is 16.1 Å². The lowest BCUT2D eigenvalue weighted by Gasteiger charge is -2.40. The number of nitrogens with one attached hydrogen (secondary N) is 1. The van der Waals surface area contributed by atoms with Gasteiger partial charge in [0.1, 0.15) is 5.60 Å². The van der Waals surface area contributed by atoms with Crippen LogP contribution in [-0.4, -0.2) is 71.5 Å². The molecule has 1 saturated heterocycles. The third kappa shape index (κ3) is 4.01. The number of aromatic nitrogens is 2. The van der Waals surface area contributed by atoms with Crippen LogP contribution in [-0.2, 0) is 14.8 Å². The van der Waals surface area contributed by atoms with Crippen LogP contribution in [0.25, 0.3) is 0 Å². The summed E-state index contributed by atoms with van der Waals surface area (Å²) in [6.07, 6.45) is 2.10. The third-order valence-electron chi connectivity index (χ3n) is 3.41. The molecule has 1 aromatic rings. The van der Waals surface area contributed by atoms with E-state index in [9.17, 15) is 13.2 Å². The van der Waals surface area contributed by atoms with Crippen molar-refractivity contribution in [3.05, 3.63) is 12.5 Å². The monoisotopic (exact) mass is 345 g/mol. The van der Waals surface area contributed by atoms with E-state index in [1.54, 1.807) is 20.8 Å². The van der Waals surface area contributed by atoms with E-state index in [2.05, 4.69) is 9.97 Å². The number of carbonyl (C=O) groups excluding carboxylic acids is 1. The number of carbonyl (C=O) groups is 1. The molecule has 3 N–H and O–H groups in total. The first kappa shape index (κ1) is 17.7.